The van der Waals surface area contributed by atoms with Crippen LogP contribution in [0.1, 0.15) is 88.7 Å². The van der Waals surface area contributed by atoms with E-state index < -0.39 is 5.97 Å². The van der Waals surface area contributed by atoms with E-state index in [-0.39, 0.29) is 6.42 Å². The molecular weight excluding hydrogens is 296 g/mol. The van der Waals surface area contributed by atoms with Crippen molar-refractivity contribution in [1.29, 1.82) is 0 Å². The molecule has 1 aromatic carbocycles. The Bertz CT molecular complexity index is 459. The van der Waals surface area contributed by atoms with Gasteiger partial charge in [-0.25, -0.2) is 0 Å². The predicted octanol–water partition coefficient (Wildman–Crippen LogP) is 6.64. The quantitative estimate of drug-likeness (QED) is 0.388. The molecule has 0 heterocycles. The first-order valence-corrected chi connectivity index (χ1v) is 9.69. The standard InChI is InChI=1S/C22H34O2/c1-2-3-4-5-6-7-8-9-10-11-12-13-20-14-16-21(17-15-20)18-19-22(23)24/h12-17H,2-11,18-19H2,1H3,(H,23,24). The molecule has 2 nitrogen and oxygen atoms in total. The average molecular weight is 331 g/mol. The second-order valence-electron chi connectivity index (χ2n) is 6.65. The van der Waals surface area contributed by atoms with Gasteiger partial charge < -0.3 is 5.11 Å². The normalized spacial score (nSPS) is 11.2. The number of carbonyl (C=O) groups is 1. The van der Waals surface area contributed by atoms with E-state index >= 15 is 0 Å². The molecule has 24 heavy (non-hydrogen) atoms. The van der Waals surface area contributed by atoms with Crippen molar-refractivity contribution in [3.63, 3.8) is 0 Å². The lowest BCUT2D eigenvalue weighted by Gasteiger charge is -2.01. The van der Waals surface area contributed by atoms with E-state index in [1.54, 1.807) is 0 Å². The predicted molar refractivity (Wildman–Crippen MR) is 103 cm³/mol. The third kappa shape index (κ3) is 11.0. The van der Waals surface area contributed by atoms with Crippen molar-refractivity contribution in [1.82, 2.24) is 0 Å². The van der Waals surface area contributed by atoms with Crippen molar-refractivity contribution in [3.05, 3.63) is 41.5 Å². The largest absolute Gasteiger partial charge is 0.481 e. The average Bonchev–Trinajstić information content (AvgIpc) is 2.59. The smallest absolute Gasteiger partial charge is 0.303 e. The molecule has 1 N–H and O–H groups in total. The third-order valence-electron chi connectivity index (χ3n) is 4.39. The maximum absolute atomic E-state index is 10.6. The topological polar surface area (TPSA) is 37.3 Å². The molecule has 0 aliphatic carbocycles. The van der Waals surface area contributed by atoms with Gasteiger partial charge in [0, 0.05) is 6.42 Å². The number of aryl methyl sites for hydroxylation is 1. The summed E-state index contributed by atoms with van der Waals surface area (Å²) in [6.45, 7) is 2.27. The van der Waals surface area contributed by atoms with E-state index in [0.717, 1.165) is 12.0 Å². The van der Waals surface area contributed by atoms with Crippen LogP contribution in [0.3, 0.4) is 0 Å². The first-order chi connectivity index (χ1) is 11.7. The lowest BCUT2D eigenvalue weighted by molar-refractivity contribution is -0.136. The van der Waals surface area contributed by atoms with Crippen molar-refractivity contribution in [3.8, 4) is 0 Å². The number of aliphatic carboxylic acids is 1. The van der Waals surface area contributed by atoms with Gasteiger partial charge in [0.25, 0.3) is 0 Å². The van der Waals surface area contributed by atoms with Gasteiger partial charge >= 0.3 is 5.97 Å². The molecule has 0 saturated carbocycles. The van der Waals surface area contributed by atoms with Gasteiger partial charge in [0.05, 0.1) is 0 Å². The van der Waals surface area contributed by atoms with Crippen LogP contribution in [0, 0.1) is 0 Å². The van der Waals surface area contributed by atoms with Gasteiger partial charge in [0.2, 0.25) is 0 Å². The van der Waals surface area contributed by atoms with Crippen LogP contribution >= 0.6 is 0 Å². The minimum absolute atomic E-state index is 0.202. The number of rotatable bonds is 14. The Morgan fingerprint density at radius 2 is 1.50 bits per heavy atom. The van der Waals surface area contributed by atoms with Crippen molar-refractivity contribution in [2.45, 2.75) is 84.0 Å². The van der Waals surface area contributed by atoms with E-state index in [1.807, 2.05) is 12.1 Å². The highest BCUT2D eigenvalue weighted by molar-refractivity contribution is 5.67. The van der Waals surface area contributed by atoms with E-state index in [9.17, 15) is 4.79 Å². The number of allylic oxidation sites excluding steroid dienone is 1. The number of carboxylic acid groups (broad SMARTS) is 1. The van der Waals surface area contributed by atoms with E-state index in [1.165, 1.54) is 63.4 Å². The van der Waals surface area contributed by atoms with Gasteiger partial charge in [-0.15, -0.1) is 0 Å². The molecular formula is C22H34O2. The van der Waals surface area contributed by atoms with Crippen molar-refractivity contribution >= 4 is 12.0 Å². The Morgan fingerprint density at radius 1 is 0.917 bits per heavy atom. The van der Waals surface area contributed by atoms with Crippen molar-refractivity contribution in [2.75, 3.05) is 0 Å². The monoisotopic (exact) mass is 330 g/mol. The summed E-state index contributed by atoms with van der Waals surface area (Å²) in [6.07, 6.45) is 18.7. The molecule has 0 radical (unpaired) electrons. The fourth-order valence-corrected chi connectivity index (χ4v) is 2.84. The van der Waals surface area contributed by atoms with Gasteiger partial charge in [-0.1, -0.05) is 94.7 Å². The molecule has 0 aliphatic rings. The molecule has 0 spiro atoms. The molecule has 0 atom stereocenters. The Balaban J connectivity index is 2.05. The Morgan fingerprint density at radius 3 is 2.08 bits per heavy atom. The summed E-state index contributed by atoms with van der Waals surface area (Å²) in [4.78, 5) is 10.6. The molecule has 134 valence electrons. The third-order valence-corrected chi connectivity index (χ3v) is 4.39. The van der Waals surface area contributed by atoms with Crippen molar-refractivity contribution < 1.29 is 9.90 Å². The van der Waals surface area contributed by atoms with Crippen LogP contribution in [0.25, 0.3) is 6.08 Å². The SMILES string of the molecule is CCCCCCCCCCCC=Cc1ccc(CCC(=O)O)cc1. The number of unbranched alkanes of at least 4 members (excludes halogenated alkanes) is 9. The summed E-state index contributed by atoms with van der Waals surface area (Å²) < 4.78 is 0. The van der Waals surface area contributed by atoms with Crippen LogP contribution in [-0.2, 0) is 11.2 Å². The van der Waals surface area contributed by atoms with Crippen LogP contribution in [-0.4, -0.2) is 11.1 Å². The molecule has 1 rings (SSSR count). The number of carboxylic acids is 1. The van der Waals surface area contributed by atoms with Crippen molar-refractivity contribution in [2.24, 2.45) is 0 Å². The van der Waals surface area contributed by atoms with E-state index in [4.69, 9.17) is 5.11 Å². The van der Waals surface area contributed by atoms with Gasteiger partial charge in [0.15, 0.2) is 0 Å². The van der Waals surface area contributed by atoms with Crippen LogP contribution < -0.4 is 0 Å². The van der Waals surface area contributed by atoms with Crippen LogP contribution in [0.5, 0.6) is 0 Å². The molecule has 0 saturated heterocycles. The Labute approximate surface area is 148 Å². The molecule has 1 aromatic rings. The number of hydrogen-bond acceptors (Lipinski definition) is 1. The van der Waals surface area contributed by atoms with E-state index in [2.05, 4.69) is 31.2 Å². The molecule has 0 bridgehead atoms. The van der Waals surface area contributed by atoms with Crippen LogP contribution in [0.15, 0.2) is 30.3 Å². The van der Waals surface area contributed by atoms with Gasteiger partial charge in [-0.2, -0.15) is 0 Å². The maximum atomic E-state index is 10.6. The highest BCUT2D eigenvalue weighted by Crippen LogP contribution is 2.12. The zero-order valence-electron chi connectivity index (χ0n) is 15.3. The summed E-state index contributed by atoms with van der Waals surface area (Å²) in [5.41, 5.74) is 2.29. The van der Waals surface area contributed by atoms with E-state index in [0.29, 0.717) is 6.42 Å². The highest BCUT2D eigenvalue weighted by atomic mass is 16.4. The first-order valence-electron chi connectivity index (χ1n) is 9.69. The second kappa shape index (κ2) is 13.8. The van der Waals surface area contributed by atoms with Crippen LogP contribution in [0.2, 0.25) is 0 Å². The summed E-state index contributed by atoms with van der Waals surface area (Å²) in [5, 5.41) is 8.69. The van der Waals surface area contributed by atoms with Gasteiger partial charge in [0.1, 0.15) is 0 Å². The van der Waals surface area contributed by atoms with Crippen LogP contribution in [0.4, 0.5) is 0 Å². The summed E-state index contributed by atoms with van der Waals surface area (Å²) in [7, 11) is 0. The summed E-state index contributed by atoms with van der Waals surface area (Å²) in [6, 6.07) is 8.20. The molecule has 0 amide bonds. The molecule has 0 aliphatic heterocycles. The first kappa shape index (κ1) is 20.5. The lowest BCUT2D eigenvalue weighted by Crippen LogP contribution is -1.97. The minimum atomic E-state index is -0.736. The molecule has 0 unspecified atom stereocenters. The number of hydrogen-bond donors (Lipinski definition) is 1. The second-order valence-corrected chi connectivity index (χ2v) is 6.65. The number of benzene rings is 1. The molecule has 2 heteroatoms. The summed E-state index contributed by atoms with van der Waals surface area (Å²) in [5.74, 6) is -0.736. The molecule has 0 aromatic heterocycles. The van der Waals surface area contributed by atoms with Gasteiger partial charge in [-0.3, -0.25) is 4.79 Å². The zero-order chi connectivity index (χ0) is 17.5. The fourth-order valence-electron chi connectivity index (χ4n) is 2.84. The van der Waals surface area contributed by atoms with Gasteiger partial charge in [-0.05, 0) is 30.4 Å². The molecule has 0 fully saturated rings. The zero-order valence-corrected chi connectivity index (χ0v) is 15.3. The lowest BCUT2D eigenvalue weighted by atomic mass is 10.1. The Kier molecular flexibility index (Phi) is 11.8. The minimum Gasteiger partial charge on any atom is -0.481 e. The fraction of sp³-hybridized carbons (Fsp3) is 0.591. The maximum Gasteiger partial charge on any atom is 0.303 e. The highest BCUT2D eigenvalue weighted by Gasteiger charge is 1.98. The summed E-state index contributed by atoms with van der Waals surface area (Å²) >= 11 is 0. The Hall–Kier alpha value is -1.57.